The van der Waals surface area contributed by atoms with E-state index in [9.17, 15) is 8.78 Å². The first-order valence-corrected chi connectivity index (χ1v) is 5.86. The molecular weight excluding hydrogens is 236 g/mol. The first-order valence-electron chi connectivity index (χ1n) is 5.86. The van der Waals surface area contributed by atoms with Crippen LogP contribution >= 0.6 is 0 Å². The molecule has 18 heavy (non-hydrogen) atoms. The normalized spacial score (nSPS) is 10.7. The predicted molar refractivity (Wildman–Crippen MR) is 66.9 cm³/mol. The summed E-state index contributed by atoms with van der Waals surface area (Å²) in [6.45, 7) is 4.62. The zero-order valence-electron chi connectivity index (χ0n) is 10.4. The van der Waals surface area contributed by atoms with E-state index < -0.39 is 11.6 Å². The van der Waals surface area contributed by atoms with E-state index in [1.165, 1.54) is 18.2 Å². The van der Waals surface area contributed by atoms with Gasteiger partial charge in [0.1, 0.15) is 17.3 Å². The first-order chi connectivity index (χ1) is 8.61. The van der Waals surface area contributed by atoms with E-state index in [-0.39, 0.29) is 5.69 Å². The van der Waals surface area contributed by atoms with E-state index in [1.54, 1.807) is 0 Å². The molecule has 2 rings (SSSR count). The van der Waals surface area contributed by atoms with Gasteiger partial charge in [0, 0.05) is 12.7 Å². The van der Waals surface area contributed by atoms with E-state index in [2.05, 4.69) is 10.3 Å². The number of nitrogens with zero attached hydrogens (tertiary/aromatic N) is 2. The Morgan fingerprint density at radius 1 is 1.28 bits per heavy atom. The molecule has 3 nitrogen and oxygen atoms in total. The van der Waals surface area contributed by atoms with E-state index in [4.69, 9.17) is 0 Å². The van der Waals surface area contributed by atoms with Crippen LogP contribution in [0, 0.1) is 18.6 Å². The predicted octanol–water partition coefficient (Wildman–Crippen LogP) is 3.62. The zero-order chi connectivity index (χ0) is 13.1. The fourth-order valence-electron chi connectivity index (χ4n) is 1.79. The van der Waals surface area contributed by atoms with Crippen molar-refractivity contribution < 1.29 is 8.78 Å². The summed E-state index contributed by atoms with van der Waals surface area (Å²) in [5.41, 5.74) is 0.642. The number of para-hydroxylation sites is 1. The Bertz CT molecular complexity index is 529. The molecule has 0 bridgehead atoms. The van der Waals surface area contributed by atoms with E-state index in [0.29, 0.717) is 5.95 Å². The molecule has 2 aromatic rings. The Balaban J connectivity index is 2.33. The maximum Gasteiger partial charge on any atom is 0.207 e. The van der Waals surface area contributed by atoms with E-state index >= 15 is 0 Å². The average Bonchev–Trinajstić information content (AvgIpc) is 2.65. The van der Waals surface area contributed by atoms with Gasteiger partial charge in [0.05, 0.1) is 5.69 Å². The molecule has 1 aromatic carbocycles. The highest BCUT2D eigenvalue weighted by atomic mass is 19.1. The Morgan fingerprint density at radius 2 is 1.94 bits per heavy atom. The third kappa shape index (κ3) is 2.50. The van der Waals surface area contributed by atoms with Gasteiger partial charge >= 0.3 is 0 Å². The summed E-state index contributed by atoms with van der Waals surface area (Å²) in [5, 5.41) is 2.72. The summed E-state index contributed by atoms with van der Waals surface area (Å²) in [7, 11) is 0. The number of halogens is 2. The summed E-state index contributed by atoms with van der Waals surface area (Å²) in [6.07, 6.45) is 2.77. The molecule has 0 saturated carbocycles. The number of rotatable bonds is 4. The second kappa shape index (κ2) is 5.16. The number of anilines is 2. The number of aryl methyl sites for hydroxylation is 2. The van der Waals surface area contributed by atoms with Crippen LogP contribution in [0.1, 0.15) is 19.0 Å². The fraction of sp³-hybridized carbons (Fsp3) is 0.308. The van der Waals surface area contributed by atoms with Crippen LogP contribution in [0.25, 0.3) is 0 Å². The average molecular weight is 251 g/mol. The highest BCUT2D eigenvalue weighted by molar-refractivity contribution is 5.55. The van der Waals surface area contributed by atoms with Crippen LogP contribution in [-0.4, -0.2) is 9.55 Å². The molecule has 0 unspecified atom stereocenters. The van der Waals surface area contributed by atoms with Gasteiger partial charge in [-0.2, -0.15) is 0 Å². The van der Waals surface area contributed by atoms with Crippen molar-refractivity contribution >= 4 is 11.6 Å². The molecule has 96 valence electrons. The quantitative estimate of drug-likeness (QED) is 0.899. The van der Waals surface area contributed by atoms with E-state index in [0.717, 1.165) is 18.7 Å². The molecular formula is C13H15F2N3. The molecule has 0 radical (unpaired) electrons. The Kier molecular flexibility index (Phi) is 3.60. The molecule has 0 aliphatic carbocycles. The van der Waals surface area contributed by atoms with Crippen molar-refractivity contribution in [1.29, 1.82) is 0 Å². The van der Waals surface area contributed by atoms with Gasteiger partial charge in [-0.05, 0) is 25.5 Å². The zero-order valence-corrected chi connectivity index (χ0v) is 10.4. The van der Waals surface area contributed by atoms with Gasteiger partial charge in [-0.1, -0.05) is 13.0 Å². The van der Waals surface area contributed by atoms with Crippen LogP contribution in [0.15, 0.2) is 24.4 Å². The lowest BCUT2D eigenvalue weighted by atomic mass is 10.3. The fourth-order valence-corrected chi connectivity index (χ4v) is 1.79. The molecule has 1 heterocycles. The summed E-state index contributed by atoms with van der Waals surface area (Å²) in [6, 6.07) is 3.76. The maximum atomic E-state index is 13.5. The molecule has 1 N–H and O–H groups in total. The number of aromatic nitrogens is 2. The van der Waals surface area contributed by atoms with Crippen LogP contribution in [0.5, 0.6) is 0 Å². The Morgan fingerprint density at radius 3 is 2.56 bits per heavy atom. The number of imidazole rings is 1. The monoisotopic (exact) mass is 251 g/mol. The standard InChI is InChI=1S/C13H15F2N3/c1-3-7-18-8-9(2)16-13(18)17-12-10(14)5-4-6-11(12)15/h4-6,8H,3,7H2,1-2H3,(H,16,17). The highest BCUT2D eigenvalue weighted by Crippen LogP contribution is 2.22. The van der Waals surface area contributed by atoms with Gasteiger partial charge in [-0.3, -0.25) is 0 Å². The van der Waals surface area contributed by atoms with Crippen molar-refractivity contribution in [1.82, 2.24) is 9.55 Å². The third-order valence-electron chi connectivity index (χ3n) is 2.56. The Hall–Kier alpha value is -1.91. The van der Waals surface area contributed by atoms with Crippen LogP contribution in [0.4, 0.5) is 20.4 Å². The SMILES string of the molecule is CCCn1cc(C)nc1Nc1c(F)cccc1F. The molecule has 0 aliphatic rings. The van der Waals surface area contributed by atoms with Gasteiger partial charge in [0.2, 0.25) is 5.95 Å². The number of benzene rings is 1. The van der Waals surface area contributed by atoms with Crippen LogP contribution < -0.4 is 5.32 Å². The molecule has 0 spiro atoms. The second-order valence-corrected chi connectivity index (χ2v) is 4.12. The van der Waals surface area contributed by atoms with Crippen molar-refractivity contribution in [3.05, 3.63) is 41.7 Å². The summed E-state index contributed by atoms with van der Waals surface area (Å²) in [4.78, 5) is 4.23. The maximum absolute atomic E-state index is 13.5. The first kappa shape index (κ1) is 12.5. The molecule has 1 aromatic heterocycles. The van der Waals surface area contributed by atoms with E-state index in [1.807, 2.05) is 24.6 Å². The second-order valence-electron chi connectivity index (χ2n) is 4.12. The molecule has 0 amide bonds. The highest BCUT2D eigenvalue weighted by Gasteiger charge is 2.12. The molecule has 0 saturated heterocycles. The number of nitrogens with one attached hydrogen (secondary N) is 1. The van der Waals surface area contributed by atoms with Crippen LogP contribution in [0.3, 0.4) is 0 Å². The van der Waals surface area contributed by atoms with Gasteiger partial charge in [0.15, 0.2) is 0 Å². The van der Waals surface area contributed by atoms with Crippen molar-refractivity contribution in [2.75, 3.05) is 5.32 Å². The summed E-state index contributed by atoms with van der Waals surface area (Å²) in [5.74, 6) is -0.796. The molecule has 0 aliphatic heterocycles. The summed E-state index contributed by atoms with van der Waals surface area (Å²) < 4.78 is 28.9. The van der Waals surface area contributed by atoms with Crippen molar-refractivity contribution in [3.63, 3.8) is 0 Å². The van der Waals surface area contributed by atoms with Crippen LogP contribution in [0.2, 0.25) is 0 Å². The number of hydrogen-bond donors (Lipinski definition) is 1. The lowest BCUT2D eigenvalue weighted by Gasteiger charge is -2.10. The minimum Gasteiger partial charge on any atom is -0.321 e. The smallest absolute Gasteiger partial charge is 0.207 e. The van der Waals surface area contributed by atoms with Crippen molar-refractivity contribution in [3.8, 4) is 0 Å². The molecule has 0 atom stereocenters. The number of hydrogen-bond acceptors (Lipinski definition) is 2. The van der Waals surface area contributed by atoms with Crippen molar-refractivity contribution in [2.24, 2.45) is 0 Å². The van der Waals surface area contributed by atoms with Gasteiger partial charge in [-0.15, -0.1) is 0 Å². The van der Waals surface area contributed by atoms with Gasteiger partial charge in [-0.25, -0.2) is 13.8 Å². The minimum atomic E-state index is -0.626. The molecule has 0 fully saturated rings. The van der Waals surface area contributed by atoms with Gasteiger partial charge < -0.3 is 9.88 Å². The topological polar surface area (TPSA) is 29.9 Å². The van der Waals surface area contributed by atoms with Crippen LogP contribution in [-0.2, 0) is 6.54 Å². The summed E-state index contributed by atoms with van der Waals surface area (Å²) >= 11 is 0. The van der Waals surface area contributed by atoms with Crippen molar-refractivity contribution in [2.45, 2.75) is 26.8 Å². The third-order valence-corrected chi connectivity index (χ3v) is 2.56. The molecule has 5 heteroatoms. The lowest BCUT2D eigenvalue weighted by molar-refractivity contribution is 0.589. The Labute approximate surface area is 104 Å². The largest absolute Gasteiger partial charge is 0.321 e. The minimum absolute atomic E-state index is 0.166. The van der Waals surface area contributed by atoms with Gasteiger partial charge in [0.25, 0.3) is 0 Å². The lowest BCUT2D eigenvalue weighted by Crippen LogP contribution is -2.05.